The molecule has 0 aromatic heterocycles. The number of benzene rings is 4. The van der Waals surface area contributed by atoms with Gasteiger partial charge in [-0.25, -0.2) is 0 Å². The summed E-state index contributed by atoms with van der Waals surface area (Å²) in [7, 11) is 0. The van der Waals surface area contributed by atoms with E-state index in [1.807, 2.05) is 84.9 Å². The van der Waals surface area contributed by atoms with Gasteiger partial charge in [0, 0.05) is 22.3 Å². The van der Waals surface area contributed by atoms with E-state index in [0.29, 0.717) is 44.5 Å². The molecule has 6 rings (SSSR count). The third-order valence-corrected chi connectivity index (χ3v) is 7.51. The smallest absolute Gasteiger partial charge is 0.138 e. The van der Waals surface area contributed by atoms with Gasteiger partial charge in [0.15, 0.2) is 0 Å². The van der Waals surface area contributed by atoms with Gasteiger partial charge in [-0.3, -0.25) is 0 Å². The molecule has 0 fully saturated rings. The Balaban J connectivity index is 1.61. The van der Waals surface area contributed by atoms with E-state index < -0.39 is 0 Å². The van der Waals surface area contributed by atoms with Crippen molar-refractivity contribution in [3.05, 3.63) is 129 Å². The quantitative estimate of drug-likeness (QED) is 0.249. The van der Waals surface area contributed by atoms with Gasteiger partial charge in [-0.15, -0.1) is 0 Å². The van der Waals surface area contributed by atoms with E-state index in [-0.39, 0.29) is 11.1 Å². The highest BCUT2D eigenvalue weighted by molar-refractivity contribution is 6.38. The van der Waals surface area contributed by atoms with E-state index in [2.05, 4.69) is 12.1 Å². The van der Waals surface area contributed by atoms with Gasteiger partial charge >= 0.3 is 0 Å². The van der Waals surface area contributed by atoms with Gasteiger partial charge in [-0.1, -0.05) is 48.5 Å². The average Bonchev–Trinajstić information content (AvgIpc) is 3.55. The minimum atomic E-state index is -0.0722. The minimum Gasteiger partial charge on any atom is -0.192 e. The Morgan fingerprint density at radius 2 is 0.714 bits per heavy atom. The van der Waals surface area contributed by atoms with Crippen molar-refractivity contribution in [3.63, 3.8) is 0 Å². The van der Waals surface area contributed by atoms with Crippen molar-refractivity contribution >= 4 is 22.3 Å². The number of fused-ring (bicyclic) bond motifs is 4. The van der Waals surface area contributed by atoms with E-state index in [1.165, 1.54) is 0 Å². The Hall–Kier alpha value is -6.96. The lowest BCUT2D eigenvalue weighted by Crippen LogP contribution is -1.97. The molecule has 0 saturated carbocycles. The van der Waals surface area contributed by atoms with Crippen LogP contribution in [0, 0.1) is 68.0 Å². The first kappa shape index (κ1) is 25.3. The van der Waals surface area contributed by atoms with Crippen molar-refractivity contribution in [2.45, 2.75) is 0 Å². The Morgan fingerprint density at radius 3 is 1.02 bits per heavy atom. The van der Waals surface area contributed by atoms with Crippen LogP contribution in [0.25, 0.3) is 44.5 Å². The highest BCUT2D eigenvalue weighted by atomic mass is 14.4. The van der Waals surface area contributed by atoms with Crippen LogP contribution >= 0.6 is 0 Å². The van der Waals surface area contributed by atoms with Crippen LogP contribution in [0.2, 0.25) is 0 Å². The molecule has 0 atom stereocenters. The molecule has 0 heterocycles. The lowest BCUT2D eigenvalue weighted by Gasteiger charge is -2.15. The molecule has 2 aliphatic carbocycles. The molecule has 2 aliphatic rings. The number of nitriles is 6. The van der Waals surface area contributed by atoms with Crippen LogP contribution < -0.4 is 0 Å². The fraction of sp³-hybridized carbons (Fsp3) is 0. The minimum absolute atomic E-state index is 0.0722. The molecular formula is C36H14N6. The van der Waals surface area contributed by atoms with E-state index >= 15 is 0 Å². The Labute approximate surface area is 241 Å². The van der Waals surface area contributed by atoms with E-state index in [0.717, 1.165) is 33.4 Å². The Bertz CT molecular complexity index is 2030. The van der Waals surface area contributed by atoms with Crippen molar-refractivity contribution in [1.29, 1.82) is 31.6 Å². The van der Waals surface area contributed by atoms with Crippen LogP contribution in [0.4, 0.5) is 0 Å². The van der Waals surface area contributed by atoms with Crippen molar-refractivity contribution in [1.82, 2.24) is 0 Å². The van der Waals surface area contributed by atoms with Crippen LogP contribution in [0.5, 0.6) is 0 Å². The number of allylic oxidation sites excluding steroid dienone is 6. The SMILES string of the molecule is N#CC(C#N)=C1C2=C(C(=C(C#N)C#N)c3cc(-c4ccc(C#N)cc4)ccc32)c2ccc(-c3ccc(C#N)cc3)cc21. The summed E-state index contributed by atoms with van der Waals surface area (Å²) in [5, 5.41) is 58.4. The zero-order valence-electron chi connectivity index (χ0n) is 21.8. The monoisotopic (exact) mass is 530 g/mol. The molecule has 0 unspecified atom stereocenters. The first-order valence-electron chi connectivity index (χ1n) is 12.7. The topological polar surface area (TPSA) is 143 Å². The summed E-state index contributed by atoms with van der Waals surface area (Å²) in [5.74, 6) is 0. The number of rotatable bonds is 2. The van der Waals surface area contributed by atoms with Crippen LogP contribution in [0.1, 0.15) is 33.4 Å². The predicted octanol–water partition coefficient (Wildman–Crippen LogP) is 7.30. The van der Waals surface area contributed by atoms with Gasteiger partial charge in [0.05, 0.1) is 23.3 Å². The van der Waals surface area contributed by atoms with E-state index in [9.17, 15) is 31.6 Å². The largest absolute Gasteiger partial charge is 0.192 e. The molecule has 0 bridgehead atoms. The van der Waals surface area contributed by atoms with Crippen molar-refractivity contribution < 1.29 is 0 Å². The molecule has 0 radical (unpaired) electrons. The molecule has 42 heavy (non-hydrogen) atoms. The van der Waals surface area contributed by atoms with E-state index in [1.54, 1.807) is 24.3 Å². The summed E-state index contributed by atoms with van der Waals surface area (Å²) >= 11 is 0. The predicted molar refractivity (Wildman–Crippen MR) is 156 cm³/mol. The maximum absolute atomic E-state index is 10.0. The lowest BCUT2D eigenvalue weighted by molar-refractivity contribution is 1.45. The summed E-state index contributed by atoms with van der Waals surface area (Å²) in [6.07, 6.45) is 0. The Kier molecular flexibility index (Phi) is 6.01. The third-order valence-electron chi connectivity index (χ3n) is 7.51. The molecule has 0 spiro atoms. The molecule has 6 heteroatoms. The van der Waals surface area contributed by atoms with Crippen LogP contribution in [0.3, 0.4) is 0 Å². The normalized spacial score (nSPS) is 12.0. The van der Waals surface area contributed by atoms with Gasteiger partial charge < -0.3 is 0 Å². The standard InChI is InChI=1S/C36H14N6/c37-15-21-1-5-23(6-2-21)25-9-11-29-31(13-25)33(27(17-39)18-40)36-30-12-10-26(24-7-3-22(16-38)4-8-24)14-32(30)34(35(29)36)28(19-41)20-42/h1-14H. The molecular weight excluding hydrogens is 516 g/mol. The summed E-state index contributed by atoms with van der Waals surface area (Å²) in [5.41, 5.74) is 9.24. The average molecular weight is 531 g/mol. The first-order valence-corrected chi connectivity index (χ1v) is 12.7. The third kappa shape index (κ3) is 3.76. The maximum Gasteiger partial charge on any atom is 0.138 e. The zero-order chi connectivity index (χ0) is 29.4. The second-order valence-corrected chi connectivity index (χ2v) is 9.60. The van der Waals surface area contributed by atoms with Gasteiger partial charge in [-0.05, 0) is 80.9 Å². The fourth-order valence-corrected chi connectivity index (χ4v) is 5.62. The first-order chi connectivity index (χ1) is 20.6. The van der Waals surface area contributed by atoms with Gasteiger partial charge in [-0.2, -0.15) is 31.6 Å². The molecule has 0 aliphatic heterocycles. The van der Waals surface area contributed by atoms with Crippen LogP contribution in [-0.2, 0) is 0 Å². The van der Waals surface area contributed by atoms with E-state index in [4.69, 9.17) is 0 Å². The second kappa shape index (κ2) is 9.97. The maximum atomic E-state index is 10.0. The zero-order valence-corrected chi connectivity index (χ0v) is 21.8. The van der Waals surface area contributed by atoms with Gasteiger partial charge in [0.2, 0.25) is 0 Å². The number of hydrogen-bond donors (Lipinski definition) is 0. The summed E-state index contributed by atoms with van der Waals surface area (Å²) in [6, 6.07) is 38.1. The van der Waals surface area contributed by atoms with Crippen LogP contribution in [-0.4, -0.2) is 0 Å². The van der Waals surface area contributed by atoms with Crippen molar-refractivity contribution in [2.75, 3.05) is 0 Å². The van der Waals surface area contributed by atoms with Crippen LogP contribution in [0.15, 0.2) is 96.1 Å². The molecule has 6 nitrogen and oxygen atoms in total. The molecule has 0 N–H and O–H groups in total. The molecule has 4 aromatic carbocycles. The summed E-state index contributed by atoms with van der Waals surface area (Å²) < 4.78 is 0. The van der Waals surface area contributed by atoms with Crippen molar-refractivity contribution in [3.8, 4) is 58.7 Å². The van der Waals surface area contributed by atoms with Crippen molar-refractivity contribution in [2.24, 2.45) is 0 Å². The summed E-state index contributed by atoms with van der Waals surface area (Å²) in [4.78, 5) is 0. The second-order valence-electron chi connectivity index (χ2n) is 9.60. The number of nitrogens with zero attached hydrogens (tertiary/aromatic N) is 6. The van der Waals surface area contributed by atoms with Gasteiger partial charge in [0.25, 0.3) is 0 Å². The highest BCUT2D eigenvalue weighted by Gasteiger charge is 2.40. The summed E-state index contributed by atoms with van der Waals surface area (Å²) in [6.45, 7) is 0. The molecule has 188 valence electrons. The molecule has 0 saturated heterocycles. The number of hydrogen-bond acceptors (Lipinski definition) is 6. The van der Waals surface area contributed by atoms with Gasteiger partial charge in [0.1, 0.15) is 35.4 Å². The fourth-order valence-electron chi connectivity index (χ4n) is 5.62. The highest BCUT2D eigenvalue weighted by Crippen LogP contribution is 2.59. The lowest BCUT2D eigenvalue weighted by atomic mass is 9.87. The Morgan fingerprint density at radius 1 is 0.381 bits per heavy atom. The molecule has 4 aromatic rings. The molecule has 0 amide bonds.